The van der Waals surface area contributed by atoms with Crippen molar-refractivity contribution in [1.82, 2.24) is 5.32 Å². The lowest BCUT2D eigenvalue weighted by Crippen LogP contribution is -2.33. The first kappa shape index (κ1) is 13.5. The van der Waals surface area contributed by atoms with Gasteiger partial charge in [-0.1, -0.05) is 15.9 Å². The highest BCUT2D eigenvalue weighted by Gasteiger charge is 2.32. The smallest absolute Gasteiger partial charge is 0.321 e. The lowest BCUT2D eigenvalue weighted by molar-refractivity contribution is -0.138. The fourth-order valence-electron chi connectivity index (χ4n) is 1.74. The molecule has 98 valence electrons. The summed E-state index contributed by atoms with van der Waals surface area (Å²) in [6.07, 6.45) is 0. The highest BCUT2D eigenvalue weighted by molar-refractivity contribution is 9.10. The van der Waals surface area contributed by atoms with Crippen molar-refractivity contribution in [2.45, 2.75) is 11.4 Å². The van der Waals surface area contributed by atoms with E-state index in [0.717, 1.165) is 4.47 Å². The maximum atomic E-state index is 10.9. The van der Waals surface area contributed by atoms with Gasteiger partial charge in [-0.3, -0.25) is 10.1 Å². The molecule has 3 N–H and O–H groups in total. The van der Waals surface area contributed by atoms with Gasteiger partial charge in [-0.25, -0.2) is 0 Å². The third-order valence-corrected chi connectivity index (χ3v) is 4.36. The van der Waals surface area contributed by atoms with Crippen LogP contribution >= 0.6 is 27.7 Å². The Morgan fingerprint density at radius 2 is 2.33 bits per heavy atom. The minimum absolute atomic E-state index is 0.0386. The molecular weight excluding hydrogens is 322 g/mol. The number of benzene rings is 1. The molecule has 0 aliphatic carbocycles. The second-order valence-electron chi connectivity index (χ2n) is 3.82. The quantitative estimate of drug-likeness (QED) is 0.784. The van der Waals surface area contributed by atoms with E-state index < -0.39 is 12.0 Å². The van der Waals surface area contributed by atoms with Gasteiger partial charge in [0.15, 0.2) is 11.5 Å². The molecule has 1 heterocycles. The zero-order valence-corrected chi connectivity index (χ0v) is 11.9. The monoisotopic (exact) mass is 333 g/mol. The highest BCUT2D eigenvalue weighted by Crippen LogP contribution is 2.43. The first-order chi connectivity index (χ1) is 8.52. The van der Waals surface area contributed by atoms with Crippen LogP contribution in [-0.2, 0) is 4.79 Å². The van der Waals surface area contributed by atoms with Gasteiger partial charge in [-0.05, 0) is 12.1 Å². The Bertz CT molecular complexity index is 482. The van der Waals surface area contributed by atoms with Crippen LogP contribution in [0, 0.1) is 0 Å². The van der Waals surface area contributed by atoms with Crippen LogP contribution in [0.1, 0.15) is 10.9 Å². The largest absolute Gasteiger partial charge is 0.504 e. The molecule has 2 rings (SSSR count). The molecule has 18 heavy (non-hydrogen) atoms. The third-order valence-electron chi connectivity index (χ3n) is 2.65. The van der Waals surface area contributed by atoms with Gasteiger partial charge >= 0.3 is 5.97 Å². The summed E-state index contributed by atoms with van der Waals surface area (Å²) in [4.78, 5) is 10.9. The van der Waals surface area contributed by atoms with Crippen molar-refractivity contribution in [3.05, 3.63) is 22.2 Å². The summed E-state index contributed by atoms with van der Waals surface area (Å²) in [5.74, 6) is -0.0161. The third kappa shape index (κ3) is 2.57. The van der Waals surface area contributed by atoms with Crippen LogP contribution < -0.4 is 10.1 Å². The predicted molar refractivity (Wildman–Crippen MR) is 72.1 cm³/mol. The fraction of sp³-hybridized carbons (Fsp3) is 0.364. The molecule has 1 aromatic rings. The number of hydrogen-bond acceptors (Lipinski definition) is 5. The van der Waals surface area contributed by atoms with E-state index in [1.165, 1.54) is 18.9 Å². The minimum Gasteiger partial charge on any atom is -0.504 e. The van der Waals surface area contributed by atoms with Gasteiger partial charge in [0.25, 0.3) is 0 Å². The number of carboxylic acid groups (broad SMARTS) is 1. The molecule has 0 amide bonds. The van der Waals surface area contributed by atoms with Crippen molar-refractivity contribution in [3.63, 3.8) is 0 Å². The first-order valence-corrected chi connectivity index (χ1v) is 7.04. The fourth-order valence-corrected chi connectivity index (χ4v) is 3.44. The highest BCUT2D eigenvalue weighted by atomic mass is 79.9. The molecule has 1 aromatic carbocycles. The van der Waals surface area contributed by atoms with Gasteiger partial charge in [-0.15, -0.1) is 11.8 Å². The average molecular weight is 334 g/mol. The standard InChI is InChI=1S/C11H12BrNO4S/c1-17-8-3-5(12)2-6(9(8)14)10-13-7(4-18-10)11(15)16/h2-3,7,10,13-14H,4H2,1H3,(H,15,16)/t7-,10+/m0/s1. The van der Waals surface area contributed by atoms with Crippen molar-refractivity contribution in [2.24, 2.45) is 0 Å². The van der Waals surface area contributed by atoms with Crippen LogP contribution in [0.3, 0.4) is 0 Å². The van der Waals surface area contributed by atoms with Crippen LogP contribution in [-0.4, -0.2) is 35.1 Å². The molecule has 1 saturated heterocycles. The van der Waals surface area contributed by atoms with Crippen molar-refractivity contribution >= 4 is 33.7 Å². The van der Waals surface area contributed by atoms with E-state index in [-0.39, 0.29) is 11.1 Å². The van der Waals surface area contributed by atoms with E-state index in [2.05, 4.69) is 21.2 Å². The van der Waals surface area contributed by atoms with E-state index in [0.29, 0.717) is 17.1 Å². The zero-order valence-electron chi connectivity index (χ0n) is 9.51. The summed E-state index contributed by atoms with van der Waals surface area (Å²) >= 11 is 4.78. The summed E-state index contributed by atoms with van der Waals surface area (Å²) in [5, 5.41) is 21.7. The van der Waals surface area contributed by atoms with E-state index in [1.54, 1.807) is 12.1 Å². The molecule has 0 radical (unpaired) electrons. The van der Waals surface area contributed by atoms with Gasteiger partial charge < -0.3 is 14.9 Å². The Hall–Kier alpha value is -0.920. The topological polar surface area (TPSA) is 78.8 Å². The SMILES string of the molecule is COc1cc(Br)cc([C@@H]2N[C@H](C(=O)O)CS2)c1O. The number of methoxy groups -OCH3 is 1. The second-order valence-corrected chi connectivity index (χ2v) is 5.87. The maximum Gasteiger partial charge on any atom is 0.321 e. The molecule has 1 fully saturated rings. The molecule has 1 aliphatic heterocycles. The van der Waals surface area contributed by atoms with Crippen LogP contribution in [0.5, 0.6) is 11.5 Å². The molecule has 1 aliphatic rings. The first-order valence-electron chi connectivity index (χ1n) is 5.19. The number of thioether (sulfide) groups is 1. The average Bonchev–Trinajstić information content (AvgIpc) is 2.81. The molecule has 0 unspecified atom stereocenters. The van der Waals surface area contributed by atoms with Crippen LogP contribution in [0.2, 0.25) is 0 Å². The van der Waals surface area contributed by atoms with E-state index in [4.69, 9.17) is 9.84 Å². The molecule has 0 bridgehead atoms. The van der Waals surface area contributed by atoms with Gasteiger partial charge in [-0.2, -0.15) is 0 Å². The van der Waals surface area contributed by atoms with E-state index in [9.17, 15) is 9.90 Å². The molecular formula is C11H12BrNO4S. The number of carboxylic acids is 1. The minimum atomic E-state index is -0.883. The number of nitrogens with one attached hydrogen (secondary N) is 1. The van der Waals surface area contributed by atoms with Crippen molar-refractivity contribution in [2.75, 3.05) is 12.9 Å². The molecule has 7 heteroatoms. The predicted octanol–water partition coefficient (Wildman–Crippen LogP) is 1.95. The molecule has 5 nitrogen and oxygen atoms in total. The van der Waals surface area contributed by atoms with Crippen molar-refractivity contribution < 1.29 is 19.7 Å². The van der Waals surface area contributed by atoms with E-state index >= 15 is 0 Å². The number of ether oxygens (including phenoxy) is 1. The van der Waals surface area contributed by atoms with Gasteiger partial charge in [0.05, 0.1) is 12.5 Å². The number of aliphatic carboxylic acids is 1. The number of phenols is 1. The molecule has 0 spiro atoms. The summed E-state index contributed by atoms with van der Waals surface area (Å²) in [6.45, 7) is 0. The van der Waals surface area contributed by atoms with Gasteiger partial charge in [0.2, 0.25) is 0 Å². The number of rotatable bonds is 3. The number of aromatic hydroxyl groups is 1. The van der Waals surface area contributed by atoms with Crippen molar-refractivity contribution in [1.29, 1.82) is 0 Å². The number of carbonyl (C=O) groups is 1. The normalized spacial score (nSPS) is 23.0. The summed E-state index contributed by atoms with van der Waals surface area (Å²) < 4.78 is 5.84. The number of phenolic OH excluding ortho intramolecular Hbond substituents is 1. The lowest BCUT2D eigenvalue weighted by Gasteiger charge is -2.15. The summed E-state index contributed by atoms with van der Waals surface area (Å²) in [7, 11) is 1.47. The Morgan fingerprint density at radius 1 is 1.61 bits per heavy atom. The van der Waals surface area contributed by atoms with E-state index in [1.807, 2.05) is 0 Å². The Balaban J connectivity index is 2.29. The summed E-state index contributed by atoms with van der Waals surface area (Å²) in [5.41, 5.74) is 0.620. The Morgan fingerprint density at radius 3 is 2.89 bits per heavy atom. The van der Waals surface area contributed by atoms with Gasteiger partial charge in [0, 0.05) is 15.8 Å². The second kappa shape index (κ2) is 5.38. The number of halogens is 1. The molecule has 2 atom stereocenters. The van der Waals surface area contributed by atoms with Crippen LogP contribution in [0.4, 0.5) is 0 Å². The lowest BCUT2D eigenvalue weighted by atomic mass is 10.1. The zero-order chi connectivity index (χ0) is 13.3. The Labute approximate surface area is 117 Å². The van der Waals surface area contributed by atoms with Crippen LogP contribution in [0.15, 0.2) is 16.6 Å². The maximum absolute atomic E-state index is 10.9. The molecule has 0 saturated carbocycles. The Kier molecular flexibility index (Phi) is 4.04. The van der Waals surface area contributed by atoms with Gasteiger partial charge in [0.1, 0.15) is 6.04 Å². The number of hydrogen-bond donors (Lipinski definition) is 3. The summed E-state index contributed by atoms with van der Waals surface area (Å²) in [6, 6.07) is 2.82. The van der Waals surface area contributed by atoms with Crippen LogP contribution in [0.25, 0.3) is 0 Å². The molecule has 0 aromatic heterocycles. The van der Waals surface area contributed by atoms with Crippen molar-refractivity contribution in [3.8, 4) is 11.5 Å².